The Labute approximate surface area is 118 Å². The number of rotatable bonds is 3. The first-order chi connectivity index (χ1) is 9.54. The van der Waals surface area contributed by atoms with Gasteiger partial charge in [0.05, 0.1) is 12.7 Å². The second-order valence-electron chi connectivity index (χ2n) is 4.62. The highest BCUT2D eigenvalue weighted by Gasteiger charge is 2.14. The van der Waals surface area contributed by atoms with Crippen LogP contribution in [-0.2, 0) is 4.74 Å². The molecule has 0 aromatic heterocycles. The van der Waals surface area contributed by atoms with Crippen LogP contribution in [-0.4, -0.2) is 18.9 Å². The molecular weight excluding hydrogens is 252 g/mol. The summed E-state index contributed by atoms with van der Waals surface area (Å²) in [5.41, 5.74) is 3.81. The molecule has 0 aliphatic heterocycles. The summed E-state index contributed by atoms with van der Waals surface area (Å²) in [6, 6.07) is 12.8. The van der Waals surface area contributed by atoms with Gasteiger partial charge in [-0.2, -0.15) is 0 Å². The first kappa shape index (κ1) is 14.0. The molecule has 0 saturated heterocycles. The highest BCUT2D eigenvalue weighted by Crippen LogP contribution is 2.28. The summed E-state index contributed by atoms with van der Waals surface area (Å²) >= 11 is 0. The van der Waals surface area contributed by atoms with Gasteiger partial charge in [0.2, 0.25) is 0 Å². The Balaban J connectivity index is 2.68. The number of hydrogen-bond acceptors (Lipinski definition) is 3. The molecule has 0 N–H and O–H groups in total. The SMILES string of the molecule is COC(=O)c1ccc(C(C)=O)c(-c2ccccc2C)c1. The number of Topliss-reactive ketones (excluding diaryl/α,β-unsaturated/α-hetero) is 1. The van der Waals surface area contributed by atoms with Gasteiger partial charge >= 0.3 is 5.97 Å². The fraction of sp³-hybridized carbons (Fsp3) is 0.176. The van der Waals surface area contributed by atoms with E-state index in [4.69, 9.17) is 4.74 Å². The van der Waals surface area contributed by atoms with Gasteiger partial charge in [-0.15, -0.1) is 0 Å². The van der Waals surface area contributed by atoms with Gasteiger partial charge in [-0.3, -0.25) is 4.79 Å². The van der Waals surface area contributed by atoms with Gasteiger partial charge in [0.15, 0.2) is 5.78 Å². The van der Waals surface area contributed by atoms with E-state index in [2.05, 4.69) is 0 Å². The molecule has 0 unspecified atom stereocenters. The number of methoxy groups -OCH3 is 1. The molecule has 2 rings (SSSR count). The Morgan fingerprint density at radius 2 is 1.70 bits per heavy atom. The Kier molecular flexibility index (Phi) is 3.99. The lowest BCUT2D eigenvalue weighted by molar-refractivity contribution is 0.0600. The van der Waals surface area contributed by atoms with E-state index in [0.717, 1.165) is 16.7 Å². The topological polar surface area (TPSA) is 43.4 Å². The van der Waals surface area contributed by atoms with Crippen LogP contribution in [0.15, 0.2) is 42.5 Å². The van der Waals surface area contributed by atoms with Crippen molar-refractivity contribution in [3.8, 4) is 11.1 Å². The average molecular weight is 268 g/mol. The van der Waals surface area contributed by atoms with Gasteiger partial charge in [0.25, 0.3) is 0 Å². The van der Waals surface area contributed by atoms with Crippen LogP contribution in [0.25, 0.3) is 11.1 Å². The van der Waals surface area contributed by atoms with E-state index in [0.29, 0.717) is 11.1 Å². The van der Waals surface area contributed by atoms with E-state index in [1.54, 1.807) is 18.2 Å². The van der Waals surface area contributed by atoms with Gasteiger partial charge in [-0.1, -0.05) is 24.3 Å². The number of aryl methyl sites for hydroxylation is 1. The van der Waals surface area contributed by atoms with Crippen molar-refractivity contribution in [1.82, 2.24) is 0 Å². The van der Waals surface area contributed by atoms with Gasteiger partial charge in [-0.25, -0.2) is 4.79 Å². The summed E-state index contributed by atoms with van der Waals surface area (Å²) in [5.74, 6) is -0.436. The average Bonchev–Trinajstić information content (AvgIpc) is 2.46. The zero-order chi connectivity index (χ0) is 14.7. The third-order valence-corrected chi connectivity index (χ3v) is 3.26. The normalized spacial score (nSPS) is 10.2. The van der Waals surface area contributed by atoms with Crippen LogP contribution in [0.2, 0.25) is 0 Å². The Morgan fingerprint density at radius 1 is 1.00 bits per heavy atom. The van der Waals surface area contributed by atoms with Gasteiger partial charge in [0.1, 0.15) is 0 Å². The molecule has 20 heavy (non-hydrogen) atoms. The molecule has 0 spiro atoms. The predicted octanol–water partition coefficient (Wildman–Crippen LogP) is 3.65. The quantitative estimate of drug-likeness (QED) is 0.630. The number of ketones is 1. The molecule has 0 bridgehead atoms. The smallest absolute Gasteiger partial charge is 0.337 e. The number of hydrogen-bond donors (Lipinski definition) is 0. The van der Waals surface area contributed by atoms with E-state index < -0.39 is 5.97 Å². The summed E-state index contributed by atoms with van der Waals surface area (Å²) in [5, 5.41) is 0. The molecular formula is C17H16O3. The molecule has 0 radical (unpaired) electrons. The van der Waals surface area contributed by atoms with Crippen LogP contribution >= 0.6 is 0 Å². The molecule has 3 heteroatoms. The summed E-state index contributed by atoms with van der Waals surface area (Å²) < 4.78 is 4.73. The van der Waals surface area contributed by atoms with Crippen LogP contribution in [0.5, 0.6) is 0 Å². The highest BCUT2D eigenvalue weighted by molar-refractivity contribution is 6.03. The van der Waals surface area contributed by atoms with Gasteiger partial charge in [0, 0.05) is 5.56 Å². The predicted molar refractivity (Wildman–Crippen MR) is 78.0 cm³/mol. The minimum absolute atomic E-state index is 0.0281. The first-order valence-corrected chi connectivity index (χ1v) is 6.34. The minimum atomic E-state index is -0.407. The van der Waals surface area contributed by atoms with Crippen molar-refractivity contribution in [3.63, 3.8) is 0 Å². The lowest BCUT2D eigenvalue weighted by atomic mass is 9.92. The monoisotopic (exact) mass is 268 g/mol. The minimum Gasteiger partial charge on any atom is -0.465 e. The molecule has 2 aromatic rings. The number of carbonyl (C=O) groups excluding carboxylic acids is 2. The maximum Gasteiger partial charge on any atom is 0.337 e. The van der Waals surface area contributed by atoms with E-state index >= 15 is 0 Å². The van der Waals surface area contributed by atoms with Crippen molar-refractivity contribution in [1.29, 1.82) is 0 Å². The maximum absolute atomic E-state index is 11.8. The molecule has 0 saturated carbocycles. The van der Waals surface area contributed by atoms with Crippen molar-refractivity contribution in [3.05, 3.63) is 59.2 Å². The van der Waals surface area contributed by atoms with Crippen molar-refractivity contribution in [2.45, 2.75) is 13.8 Å². The van der Waals surface area contributed by atoms with E-state index in [-0.39, 0.29) is 5.78 Å². The number of esters is 1. The van der Waals surface area contributed by atoms with Crippen LogP contribution < -0.4 is 0 Å². The number of ether oxygens (including phenoxy) is 1. The maximum atomic E-state index is 11.8. The summed E-state index contributed by atoms with van der Waals surface area (Å²) in [7, 11) is 1.34. The summed E-state index contributed by atoms with van der Waals surface area (Å²) in [4.78, 5) is 23.4. The van der Waals surface area contributed by atoms with Crippen molar-refractivity contribution in [2.24, 2.45) is 0 Å². The third-order valence-electron chi connectivity index (χ3n) is 3.26. The Bertz CT molecular complexity index is 672. The third kappa shape index (κ3) is 2.62. The fourth-order valence-electron chi connectivity index (χ4n) is 2.19. The number of benzene rings is 2. The molecule has 0 aliphatic rings. The lowest BCUT2D eigenvalue weighted by Crippen LogP contribution is -2.04. The summed E-state index contributed by atoms with van der Waals surface area (Å²) in [6.07, 6.45) is 0. The molecule has 0 atom stereocenters. The van der Waals surface area contributed by atoms with E-state index in [1.807, 2.05) is 31.2 Å². The molecule has 0 amide bonds. The molecule has 0 aliphatic carbocycles. The molecule has 0 heterocycles. The van der Waals surface area contributed by atoms with Crippen molar-refractivity contribution < 1.29 is 14.3 Å². The zero-order valence-corrected chi connectivity index (χ0v) is 11.8. The Hall–Kier alpha value is -2.42. The van der Waals surface area contributed by atoms with E-state index in [9.17, 15) is 9.59 Å². The standard InChI is InChI=1S/C17H16O3/c1-11-6-4-5-7-14(11)16-10-13(17(19)20-3)8-9-15(16)12(2)18/h4-10H,1-3H3. The van der Waals surface area contributed by atoms with Gasteiger partial charge < -0.3 is 4.74 Å². The zero-order valence-electron chi connectivity index (χ0n) is 11.8. The second kappa shape index (κ2) is 5.70. The van der Waals surface area contributed by atoms with Crippen LogP contribution in [0.3, 0.4) is 0 Å². The molecule has 3 nitrogen and oxygen atoms in total. The van der Waals surface area contributed by atoms with Crippen LogP contribution in [0.1, 0.15) is 33.2 Å². The van der Waals surface area contributed by atoms with Crippen molar-refractivity contribution in [2.75, 3.05) is 7.11 Å². The number of carbonyl (C=O) groups is 2. The highest BCUT2D eigenvalue weighted by atomic mass is 16.5. The van der Waals surface area contributed by atoms with E-state index in [1.165, 1.54) is 14.0 Å². The van der Waals surface area contributed by atoms with Crippen molar-refractivity contribution >= 4 is 11.8 Å². The molecule has 2 aromatic carbocycles. The molecule has 102 valence electrons. The first-order valence-electron chi connectivity index (χ1n) is 6.34. The second-order valence-corrected chi connectivity index (χ2v) is 4.62. The largest absolute Gasteiger partial charge is 0.465 e. The Morgan fingerprint density at radius 3 is 2.30 bits per heavy atom. The lowest BCUT2D eigenvalue weighted by Gasteiger charge is -2.11. The fourth-order valence-corrected chi connectivity index (χ4v) is 2.19. The van der Waals surface area contributed by atoms with Crippen LogP contribution in [0, 0.1) is 6.92 Å². The van der Waals surface area contributed by atoms with Gasteiger partial charge in [-0.05, 0) is 48.7 Å². The summed E-state index contributed by atoms with van der Waals surface area (Å²) in [6.45, 7) is 3.50. The molecule has 0 fully saturated rings. The van der Waals surface area contributed by atoms with Crippen LogP contribution in [0.4, 0.5) is 0 Å².